The normalized spacial score (nSPS) is 14.2. The van der Waals surface area contributed by atoms with Gasteiger partial charge in [0.2, 0.25) is 5.91 Å². The smallest absolute Gasteiger partial charge is 0.230 e. The highest BCUT2D eigenvalue weighted by Gasteiger charge is 2.26. The first-order valence-electron chi connectivity index (χ1n) is 4.82. The predicted octanol–water partition coefficient (Wildman–Crippen LogP) is 1.01. The molecule has 0 radical (unpaired) electrons. The molecule has 0 aliphatic heterocycles. The minimum Gasteiger partial charge on any atom is -0.351 e. The van der Waals surface area contributed by atoms with E-state index in [9.17, 15) is 4.79 Å². The Labute approximate surface area is 92.7 Å². The molecule has 0 saturated heterocycles. The lowest BCUT2D eigenvalue weighted by Gasteiger charge is -2.33. The van der Waals surface area contributed by atoms with Crippen molar-refractivity contribution in [1.29, 1.82) is 0 Å². The highest BCUT2D eigenvalue weighted by atomic mass is 32.1. The molecule has 0 bridgehead atoms. The third kappa shape index (κ3) is 5.50. The van der Waals surface area contributed by atoms with Crippen LogP contribution in [0.3, 0.4) is 0 Å². The van der Waals surface area contributed by atoms with E-state index in [1.54, 1.807) is 0 Å². The van der Waals surface area contributed by atoms with Crippen molar-refractivity contribution in [1.82, 2.24) is 10.2 Å². The molecular formula is C10H22N2OS. The maximum atomic E-state index is 11.2. The summed E-state index contributed by atoms with van der Waals surface area (Å²) in [6, 6.07) is 0.164. The van der Waals surface area contributed by atoms with Crippen LogP contribution >= 0.6 is 12.6 Å². The molecule has 1 atom stereocenters. The summed E-state index contributed by atoms with van der Waals surface area (Å²) in [5.74, 6) is 0.245. The van der Waals surface area contributed by atoms with Gasteiger partial charge in [-0.2, -0.15) is 12.6 Å². The van der Waals surface area contributed by atoms with Gasteiger partial charge in [-0.15, -0.1) is 0 Å². The Morgan fingerprint density at radius 2 is 1.93 bits per heavy atom. The summed E-state index contributed by atoms with van der Waals surface area (Å²) in [6.45, 7) is 7.23. The Bertz CT molecular complexity index is 187. The molecule has 4 heteroatoms. The molecule has 0 heterocycles. The maximum absolute atomic E-state index is 11.2. The van der Waals surface area contributed by atoms with Crippen LogP contribution in [-0.4, -0.2) is 43.2 Å². The average molecular weight is 218 g/mol. The van der Waals surface area contributed by atoms with Gasteiger partial charge in [0.15, 0.2) is 0 Å². The van der Waals surface area contributed by atoms with E-state index in [0.717, 1.165) is 6.54 Å². The van der Waals surface area contributed by atoms with E-state index in [-0.39, 0.29) is 23.1 Å². The van der Waals surface area contributed by atoms with Crippen LogP contribution in [0.15, 0.2) is 0 Å². The standard InChI is InChI=1S/C10H22N2OS/c1-10(2,3)8(6-12(4)5)11-9(13)7-14/h8,14H,6-7H2,1-5H3,(H,11,13)/t8-/m1/s1. The van der Waals surface area contributed by atoms with Crippen LogP contribution < -0.4 is 5.32 Å². The number of thiol groups is 1. The second-order valence-electron chi connectivity index (χ2n) is 4.91. The SMILES string of the molecule is CN(C)C[C@@H](NC(=O)CS)C(C)(C)C. The van der Waals surface area contributed by atoms with Crippen LogP contribution in [0.2, 0.25) is 0 Å². The molecule has 14 heavy (non-hydrogen) atoms. The van der Waals surface area contributed by atoms with Crippen molar-refractivity contribution >= 4 is 18.5 Å². The van der Waals surface area contributed by atoms with E-state index in [2.05, 4.69) is 43.6 Å². The van der Waals surface area contributed by atoms with Crippen molar-refractivity contribution in [2.45, 2.75) is 26.8 Å². The van der Waals surface area contributed by atoms with Crippen LogP contribution in [0.4, 0.5) is 0 Å². The summed E-state index contributed by atoms with van der Waals surface area (Å²) < 4.78 is 0. The Morgan fingerprint density at radius 3 is 2.21 bits per heavy atom. The third-order valence-electron chi connectivity index (χ3n) is 2.07. The number of nitrogens with zero attached hydrogens (tertiary/aromatic N) is 1. The molecule has 0 aliphatic carbocycles. The van der Waals surface area contributed by atoms with Gasteiger partial charge in [0.1, 0.15) is 0 Å². The number of carbonyl (C=O) groups is 1. The summed E-state index contributed by atoms with van der Waals surface area (Å²) >= 11 is 3.95. The molecule has 0 saturated carbocycles. The predicted molar refractivity (Wildman–Crippen MR) is 63.8 cm³/mol. The zero-order valence-electron chi connectivity index (χ0n) is 9.79. The zero-order chi connectivity index (χ0) is 11.4. The topological polar surface area (TPSA) is 32.3 Å². The Hall–Kier alpha value is -0.220. The average Bonchev–Trinajstić information content (AvgIpc) is 2.00. The minimum absolute atomic E-state index is 0.00453. The van der Waals surface area contributed by atoms with E-state index < -0.39 is 0 Å². The Balaban J connectivity index is 4.33. The summed E-state index contributed by atoms with van der Waals surface area (Å²) in [5, 5.41) is 2.98. The number of amides is 1. The molecule has 0 aromatic carbocycles. The quantitative estimate of drug-likeness (QED) is 0.690. The van der Waals surface area contributed by atoms with Crippen molar-refractivity contribution in [2.24, 2.45) is 5.41 Å². The fourth-order valence-electron chi connectivity index (χ4n) is 1.14. The van der Waals surface area contributed by atoms with Gasteiger partial charge in [0, 0.05) is 12.6 Å². The van der Waals surface area contributed by atoms with Crippen LogP contribution in [-0.2, 0) is 4.79 Å². The van der Waals surface area contributed by atoms with Crippen LogP contribution in [0, 0.1) is 5.41 Å². The maximum Gasteiger partial charge on any atom is 0.230 e. The summed E-state index contributed by atoms with van der Waals surface area (Å²) in [7, 11) is 4.01. The number of rotatable bonds is 4. The van der Waals surface area contributed by atoms with Gasteiger partial charge >= 0.3 is 0 Å². The molecule has 1 amide bonds. The van der Waals surface area contributed by atoms with E-state index in [1.165, 1.54) is 0 Å². The fraction of sp³-hybridized carbons (Fsp3) is 0.900. The molecule has 0 fully saturated rings. The first kappa shape index (κ1) is 13.8. The molecule has 0 aliphatic rings. The van der Waals surface area contributed by atoms with Gasteiger partial charge in [-0.05, 0) is 19.5 Å². The second kappa shape index (κ2) is 5.61. The van der Waals surface area contributed by atoms with Gasteiger partial charge in [0.05, 0.1) is 5.75 Å². The zero-order valence-corrected chi connectivity index (χ0v) is 10.7. The molecule has 0 rings (SSSR count). The van der Waals surface area contributed by atoms with Crippen molar-refractivity contribution in [3.05, 3.63) is 0 Å². The largest absolute Gasteiger partial charge is 0.351 e. The molecule has 1 N–H and O–H groups in total. The molecule has 0 unspecified atom stereocenters. The van der Waals surface area contributed by atoms with E-state index in [0.29, 0.717) is 0 Å². The highest BCUT2D eigenvalue weighted by Crippen LogP contribution is 2.19. The van der Waals surface area contributed by atoms with Crippen molar-refractivity contribution in [3.8, 4) is 0 Å². The highest BCUT2D eigenvalue weighted by molar-refractivity contribution is 7.81. The summed E-state index contributed by atoms with van der Waals surface area (Å²) in [5.41, 5.74) is 0.0723. The van der Waals surface area contributed by atoms with E-state index in [4.69, 9.17) is 0 Å². The first-order chi connectivity index (χ1) is 6.27. The molecule has 3 nitrogen and oxygen atoms in total. The molecular weight excluding hydrogens is 196 g/mol. The van der Waals surface area contributed by atoms with Crippen LogP contribution in [0.25, 0.3) is 0 Å². The summed E-state index contributed by atoms with van der Waals surface area (Å²) in [4.78, 5) is 13.3. The Morgan fingerprint density at radius 1 is 1.43 bits per heavy atom. The monoisotopic (exact) mass is 218 g/mol. The van der Waals surface area contributed by atoms with Crippen molar-refractivity contribution < 1.29 is 4.79 Å². The van der Waals surface area contributed by atoms with E-state index in [1.807, 2.05) is 14.1 Å². The number of nitrogens with one attached hydrogen (secondary N) is 1. The minimum atomic E-state index is -0.00453. The molecule has 0 aromatic rings. The molecule has 0 aromatic heterocycles. The fourth-order valence-corrected chi connectivity index (χ4v) is 1.23. The molecule has 0 spiro atoms. The lowest BCUT2D eigenvalue weighted by atomic mass is 9.86. The lowest BCUT2D eigenvalue weighted by Crippen LogP contribution is -2.49. The van der Waals surface area contributed by atoms with Crippen LogP contribution in [0.1, 0.15) is 20.8 Å². The third-order valence-corrected chi connectivity index (χ3v) is 2.36. The molecule has 84 valence electrons. The number of hydrogen-bond acceptors (Lipinski definition) is 3. The Kier molecular flexibility index (Phi) is 5.52. The summed E-state index contributed by atoms with van der Waals surface area (Å²) in [6.07, 6.45) is 0. The second-order valence-corrected chi connectivity index (χ2v) is 5.22. The number of carbonyl (C=O) groups excluding carboxylic acids is 1. The van der Waals surface area contributed by atoms with Crippen molar-refractivity contribution in [3.63, 3.8) is 0 Å². The van der Waals surface area contributed by atoms with Gasteiger partial charge in [-0.3, -0.25) is 4.79 Å². The van der Waals surface area contributed by atoms with Crippen LogP contribution in [0.5, 0.6) is 0 Å². The number of likely N-dealkylation sites (N-methyl/N-ethyl adjacent to an activating group) is 1. The lowest BCUT2D eigenvalue weighted by molar-refractivity contribution is -0.120. The van der Waals surface area contributed by atoms with Gasteiger partial charge in [-0.25, -0.2) is 0 Å². The number of hydrogen-bond donors (Lipinski definition) is 2. The van der Waals surface area contributed by atoms with Gasteiger partial charge in [-0.1, -0.05) is 20.8 Å². The van der Waals surface area contributed by atoms with E-state index >= 15 is 0 Å². The van der Waals surface area contributed by atoms with Gasteiger partial charge in [0.25, 0.3) is 0 Å². The van der Waals surface area contributed by atoms with Crippen molar-refractivity contribution in [2.75, 3.05) is 26.4 Å². The van der Waals surface area contributed by atoms with Gasteiger partial charge < -0.3 is 10.2 Å². The first-order valence-corrected chi connectivity index (χ1v) is 5.45.